The van der Waals surface area contributed by atoms with E-state index in [9.17, 15) is 0 Å². The molecule has 2 aliphatic rings. The van der Waals surface area contributed by atoms with Gasteiger partial charge in [-0.1, -0.05) is 0 Å². The molecular weight excluding hydrogens is 188 g/mol. The van der Waals surface area contributed by atoms with Gasteiger partial charge in [0.1, 0.15) is 0 Å². The number of aryl methyl sites for hydroxylation is 1. The quantitative estimate of drug-likeness (QED) is 0.703. The van der Waals surface area contributed by atoms with Gasteiger partial charge in [0.25, 0.3) is 0 Å². The van der Waals surface area contributed by atoms with E-state index in [-0.39, 0.29) is 0 Å². The van der Waals surface area contributed by atoms with Crippen molar-refractivity contribution in [3.8, 4) is 0 Å². The summed E-state index contributed by atoms with van der Waals surface area (Å²) in [4.78, 5) is 2.41. The maximum atomic E-state index is 5.74. The van der Waals surface area contributed by atoms with Crippen LogP contribution in [0.15, 0.2) is 18.2 Å². The van der Waals surface area contributed by atoms with E-state index in [1.807, 2.05) is 12.1 Å². The number of nitrogen functional groups attached to an aromatic ring is 1. The van der Waals surface area contributed by atoms with E-state index >= 15 is 0 Å². The molecule has 0 bridgehead atoms. The smallest absolute Gasteiger partial charge is 0.0579 e. The summed E-state index contributed by atoms with van der Waals surface area (Å²) < 4.78 is 5.27. The van der Waals surface area contributed by atoms with Crippen LogP contribution in [-0.4, -0.2) is 26.3 Å². The van der Waals surface area contributed by atoms with Crippen molar-refractivity contribution in [1.29, 1.82) is 0 Å². The molecule has 80 valence electrons. The first-order valence-electron chi connectivity index (χ1n) is 5.37. The molecule has 15 heavy (non-hydrogen) atoms. The van der Waals surface area contributed by atoms with Crippen LogP contribution in [0.2, 0.25) is 0 Å². The molecule has 1 aromatic rings. The van der Waals surface area contributed by atoms with Crippen molar-refractivity contribution in [2.75, 3.05) is 36.9 Å². The number of benzene rings is 1. The fourth-order valence-corrected chi connectivity index (χ4v) is 2.54. The molecule has 0 aliphatic carbocycles. The molecule has 0 atom stereocenters. The number of ether oxygens (including phenoxy) is 1. The van der Waals surface area contributed by atoms with Gasteiger partial charge in [0.15, 0.2) is 0 Å². The summed E-state index contributed by atoms with van der Waals surface area (Å²) in [6.45, 7) is 6.28. The van der Waals surface area contributed by atoms with Crippen LogP contribution in [0, 0.1) is 12.3 Å². The second-order valence-electron chi connectivity index (χ2n) is 4.89. The SMILES string of the molecule is Cc1cc(N)ccc1N1CC2(COC2)C1. The van der Waals surface area contributed by atoms with Gasteiger partial charge in [-0.3, -0.25) is 0 Å². The van der Waals surface area contributed by atoms with Gasteiger partial charge >= 0.3 is 0 Å². The summed E-state index contributed by atoms with van der Waals surface area (Å²) in [6.07, 6.45) is 0. The monoisotopic (exact) mass is 204 g/mol. The number of rotatable bonds is 1. The van der Waals surface area contributed by atoms with Gasteiger partial charge in [-0.15, -0.1) is 0 Å². The Labute approximate surface area is 89.8 Å². The number of nitrogens with zero attached hydrogens (tertiary/aromatic N) is 1. The van der Waals surface area contributed by atoms with Crippen LogP contribution >= 0.6 is 0 Å². The minimum absolute atomic E-state index is 0.480. The number of hydrogen-bond acceptors (Lipinski definition) is 3. The van der Waals surface area contributed by atoms with E-state index in [0.717, 1.165) is 32.0 Å². The number of anilines is 2. The molecule has 0 aromatic heterocycles. The van der Waals surface area contributed by atoms with E-state index in [2.05, 4.69) is 17.9 Å². The van der Waals surface area contributed by atoms with Gasteiger partial charge in [0.05, 0.1) is 18.6 Å². The molecule has 3 rings (SSSR count). The second kappa shape index (κ2) is 2.89. The summed E-state index contributed by atoms with van der Waals surface area (Å²) in [6, 6.07) is 6.14. The van der Waals surface area contributed by atoms with E-state index < -0.39 is 0 Å². The lowest BCUT2D eigenvalue weighted by atomic mass is 9.77. The van der Waals surface area contributed by atoms with Crippen molar-refractivity contribution in [2.45, 2.75) is 6.92 Å². The zero-order chi connectivity index (χ0) is 10.5. The highest BCUT2D eigenvalue weighted by Crippen LogP contribution is 2.41. The minimum Gasteiger partial charge on any atom is -0.399 e. The summed E-state index contributed by atoms with van der Waals surface area (Å²) in [5.41, 5.74) is 9.65. The summed E-state index contributed by atoms with van der Waals surface area (Å²) in [5.74, 6) is 0. The molecule has 0 saturated carbocycles. The van der Waals surface area contributed by atoms with Crippen molar-refractivity contribution in [1.82, 2.24) is 0 Å². The Balaban J connectivity index is 1.77. The molecule has 2 aliphatic heterocycles. The van der Waals surface area contributed by atoms with E-state index in [1.165, 1.54) is 11.3 Å². The first-order chi connectivity index (χ1) is 7.19. The topological polar surface area (TPSA) is 38.5 Å². The third-order valence-electron chi connectivity index (χ3n) is 3.43. The van der Waals surface area contributed by atoms with Gasteiger partial charge in [-0.05, 0) is 30.7 Å². The molecule has 0 amide bonds. The molecule has 3 heteroatoms. The maximum absolute atomic E-state index is 5.74. The Morgan fingerprint density at radius 1 is 1.33 bits per heavy atom. The molecule has 0 radical (unpaired) electrons. The molecule has 1 aromatic carbocycles. The van der Waals surface area contributed by atoms with Crippen molar-refractivity contribution in [3.63, 3.8) is 0 Å². The first kappa shape index (κ1) is 9.04. The zero-order valence-corrected chi connectivity index (χ0v) is 8.99. The predicted octanol–water partition coefficient (Wildman–Crippen LogP) is 1.41. The number of hydrogen-bond donors (Lipinski definition) is 1. The molecule has 2 N–H and O–H groups in total. The molecule has 2 saturated heterocycles. The number of nitrogens with two attached hydrogens (primary N) is 1. The Morgan fingerprint density at radius 2 is 2.07 bits per heavy atom. The lowest BCUT2D eigenvalue weighted by Crippen LogP contribution is -2.66. The normalized spacial score (nSPS) is 22.3. The van der Waals surface area contributed by atoms with Crippen LogP contribution < -0.4 is 10.6 Å². The zero-order valence-electron chi connectivity index (χ0n) is 8.99. The highest BCUT2D eigenvalue weighted by atomic mass is 16.5. The van der Waals surface area contributed by atoms with Gasteiger partial charge in [-0.25, -0.2) is 0 Å². The molecular formula is C12H16N2O. The molecule has 2 heterocycles. The average molecular weight is 204 g/mol. The Hall–Kier alpha value is -1.22. The maximum Gasteiger partial charge on any atom is 0.0579 e. The van der Waals surface area contributed by atoms with Gasteiger partial charge in [0.2, 0.25) is 0 Å². The lowest BCUT2D eigenvalue weighted by molar-refractivity contribution is -0.127. The van der Waals surface area contributed by atoms with Crippen LogP contribution in [0.5, 0.6) is 0 Å². The van der Waals surface area contributed by atoms with Crippen molar-refractivity contribution < 1.29 is 4.74 Å². The van der Waals surface area contributed by atoms with Crippen molar-refractivity contribution in [2.24, 2.45) is 5.41 Å². The standard InChI is InChI=1S/C12H16N2O/c1-9-4-10(13)2-3-11(9)14-5-12(6-14)7-15-8-12/h2-4H,5-8,13H2,1H3. The Bertz CT molecular complexity index is 391. The summed E-state index contributed by atoms with van der Waals surface area (Å²) >= 11 is 0. The van der Waals surface area contributed by atoms with Crippen molar-refractivity contribution in [3.05, 3.63) is 23.8 Å². The van der Waals surface area contributed by atoms with Crippen LogP contribution in [0.25, 0.3) is 0 Å². The molecule has 0 unspecified atom stereocenters. The van der Waals surface area contributed by atoms with Crippen LogP contribution in [0.3, 0.4) is 0 Å². The third-order valence-corrected chi connectivity index (χ3v) is 3.43. The molecule has 2 fully saturated rings. The van der Waals surface area contributed by atoms with Gasteiger partial charge < -0.3 is 15.4 Å². The Morgan fingerprint density at radius 3 is 2.60 bits per heavy atom. The minimum atomic E-state index is 0.480. The summed E-state index contributed by atoms with van der Waals surface area (Å²) in [5, 5.41) is 0. The summed E-state index contributed by atoms with van der Waals surface area (Å²) in [7, 11) is 0. The van der Waals surface area contributed by atoms with E-state index in [0.29, 0.717) is 5.41 Å². The largest absolute Gasteiger partial charge is 0.399 e. The highest BCUT2D eigenvalue weighted by Gasteiger charge is 2.49. The fourth-order valence-electron chi connectivity index (χ4n) is 2.54. The second-order valence-corrected chi connectivity index (χ2v) is 4.89. The van der Waals surface area contributed by atoms with Crippen LogP contribution in [0.4, 0.5) is 11.4 Å². The van der Waals surface area contributed by atoms with Crippen LogP contribution in [-0.2, 0) is 4.74 Å². The molecule has 3 nitrogen and oxygen atoms in total. The van der Waals surface area contributed by atoms with Gasteiger partial charge in [0, 0.05) is 24.5 Å². The molecule has 1 spiro atoms. The van der Waals surface area contributed by atoms with Crippen molar-refractivity contribution >= 4 is 11.4 Å². The third kappa shape index (κ3) is 1.30. The lowest BCUT2D eigenvalue weighted by Gasteiger charge is -2.56. The highest BCUT2D eigenvalue weighted by molar-refractivity contribution is 5.61. The van der Waals surface area contributed by atoms with Crippen LogP contribution in [0.1, 0.15) is 5.56 Å². The Kier molecular flexibility index (Phi) is 1.74. The first-order valence-corrected chi connectivity index (χ1v) is 5.37. The average Bonchev–Trinajstić information content (AvgIpc) is 2.03. The van der Waals surface area contributed by atoms with E-state index in [4.69, 9.17) is 10.5 Å². The fraction of sp³-hybridized carbons (Fsp3) is 0.500. The van der Waals surface area contributed by atoms with Gasteiger partial charge in [-0.2, -0.15) is 0 Å². The predicted molar refractivity (Wildman–Crippen MR) is 61.1 cm³/mol. The van der Waals surface area contributed by atoms with E-state index in [1.54, 1.807) is 0 Å².